The number of carboxylic acids is 2. The molecule has 190 valence electrons. The third kappa shape index (κ3) is 11.6. The van der Waals surface area contributed by atoms with E-state index in [0.29, 0.717) is 25.8 Å². The fourth-order valence-corrected chi connectivity index (χ4v) is 2.87. The molecular weight excluding hydrogens is 438 g/mol. The van der Waals surface area contributed by atoms with Crippen molar-refractivity contribution in [2.24, 2.45) is 17.4 Å². The van der Waals surface area contributed by atoms with Crippen molar-refractivity contribution in [2.45, 2.75) is 83.1 Å². The quantitative estimate of drug-likeness (QED) is 0.113. The minimum Gasteiger partial charge on any atom is -0.481 e. The maximum atomic E-state index is 12.8. The Bertz CT molecular complexity index is 685. The number of aliphatic hydroxyl groups is 1. The van der Waals surface area contributed by atoms with Crippen LogP contribution in [0, 0.1) is 5.92 Å². The summed E-state index contributed by atoms with van der Waals surface area (Å²) in [5.74, 6) is -5.44. The summed E-state index contributed by atoms with van der Waals surface area (Å²) in [5, 5.41) is 34.9. The third-order valence-corrected chi connectivity index (χ3v) is 4.88. The van der Waals surface area contributed by atoms with Crippen LogP contribution >= 0.6 is 0 Å². The number of hydrogen-bond donors (Lipinski definition) is 8. The van der Waals surface area contributed by atoms with Gasteiger partial charge in [-0.25, -0.2) is 4.79 Å². The van der Waals surface area contributed by atoms with Crippen molar-refractivity contribution in [3.05, 3.63) is 0 Å². The topological polar surface area (TPSA) is 234 Å². The second kappa shape index (κ2) is 15.1. The number of aliphatic carboxylic acids is 2. The zero-order valence-corrected chi connectivity index (χ0v) is 19.2. The summed E-state index contributed by atoms with van der Waals surface area (Å²) in [6.07, 6.45) is -0.588. The van der Waals surface area contributed by atoms with Gasteiger partial charge in [0, 0.05) is 6.42 Å². The van der Waals surface area contributed by atoms with E-state index in [2.05, 4.69) is 16.0 Å². The van der Waals surface area contributed by atoms with E-state index in [-0.39, 0.29) is 6.42 Å². The molecule has 0 saturated carbocycles. The van der Waals surface area contributed by atoms with Gasteiger partial charge in [0.25, 0.3) is 0 Å². The molecule has 0 aromatic heterocycles. The molecule has 0 saturated heterocycles. The Kier molecular flexibility index (Phi) is 13.9. The highest BCUT2D eigenvalue weighted by atomic mass is 16.4. The van der Waals surface area contributed by atoms with E-state index in [9.17, 15) is 34.2 Å². The number of rotatable bonds is 16. The summed E-state index contributed by atoms with van der Waals surface area (Å²) in [7, 11) is 0. The lowest BCUT2D eigenvalue weighted by Crippen LogP contribution is -2.60. The predicted molar refractivity (Wildman–Crippen MR) is 118 cm³/mol. The molecular formula is C20H37N5O8. The van der Waals surface area contributed by atoms with Gasteiger partial charge in [0.05, 0.1) is 12.1 Å². The molecule has 10 N–H and O–H groups in total. The average Bonchev–Trinajstić information content (AvgIpc) is 2.71. The number of amides is 3. The highest BCUT2D eigenvalue weighted by molar-refractivity contribution is 5.94. The molecule has 33 heavy (non-hydrogen) atoms. The SMILES string of the molecule is CC(C)C(NC(=O)C(N)CCCCN)C(=O)NC(C(=O)NC(CCC(=O)O)C(=O)O)C(C)O. The van der Waals surface area contributed by atoms with Crippen LogP contribution in [-0.4, -0.2) is 81.8 Å². The minimum absolute atomic E-state index is 0.376. The first-order chi connectivity index (χ1) is 15.3. The zero-order chi connectivity index (χ0) is 25.7. The second-order valence-electron chi connectivity index (χ2n) is 8.18. The van der Waals surface area contributed by atoms with Gasteiger partial charge in [-0.1, -0.05) is 20.3 Å². The molecule has 0 aromatic carbocycles. The van der Waals surface area contributed by atoms with Crippen LogP contribution in [0.3, 0.4) is 0 Å². The van der Waals surface area contributed by atoms with E-state index in [1.807, 2.05) is 0 Å². The molecule has 0 bridgehead atoms. The number of nitrogens with two attached hydrogens (primary N) is 2. The van der Waals surface area contributed by atoms with Crippen molar-refractivity contribution in [1.29, 1.82) is 0 Å². The van der Waals surface area contributed by atoms with Crippen LogP contribution in [0.4, 0.5) is 0 Å². The smallest absolute Gasteiger partial charge is 0.326 e. The normalized spacial score (nSPS) is 15.6. The number of unbranched alkanes of at least 4 members (excludes halogenated alkanes) is 1. The van der Waals surface area contributed by atoms with Crippen molar-refractivity contribution < 1.29 is 39.3 Å². The van der Waals surface area contributed by atoms with E-state index < -0.39 is 72.3 Å². The third-order valence-electron chi connectivity index (χ3n) is 4.88. The van der Waals surface area contributed by atoms with Crippen molar-refractivity contribution >= 4 is 29.7 Å². The van der Waals surface area contributed by atoms with Gasteiger partial charge in [0.2, 0.25) is 17.7 Å². The van der Waals surface area contributed by atoms with Crippen molar-refractivity contribution in [3.63, 3.8) is 0 Å². The van der Waals surface area contributed by atoms with Gasteiger partial charge < -0.3 is 42.7 Å². The maximum Gasteiger partial charge on any atom is 0.326 e. The van der Waals surface area contributed by atoms with Gasteiger partial charge >= 0.3 is 11.9 Å². The molecule has 0 aliphatic heterocycles. The number of carbonyl (C=O) groups is 5. The van der Waals surface area contributed by atoms with Gasteiger partial charge in [-0.15, -0.1) is 0 Å². The Labute approximate surface area is 192 Å². The Morgan fingerprint density at radius 3 is 1.82 bits per heavy atom. The fraction of sp³-hybridized carbons (Fsp3) is 0.750. The van der Waals surface area contributed by atoms with Gasteiger partial charge in [0.1, 0.15) is 18.1 Å². The highest BCUT2D eigenvalue weighted by Crippen LogP contribution is 2.07. The Balaban J connectivity index is 5.26. The van der Waals surface area contributed by atoms with Crippen LogP contribution in [0.1, 0.15) is 52.9 Å². The van der Waals surface area contributed by atoms with Crippen LogP contribution in [0.25, 0.3) is 0 Å². The number of nitrogens with one attached hydrogen (secondary N) is 3. The first kappa shape index (κ1) is 30.2. The van der Waals surface area contributed by atoms with Gasteiger partial charge in [-0.3, -0.25) is 19.2 Å². The molecule has 0 aliphatic carbocycles. The summed E-state index contributed by atoms with van der Waals surface area (Å²) in [4.78, 5) is 59.7. The van der Waals surface area contributed by atoms with Crippen molar-refractivity contribution in [1.82, 2.24) is 16.0 Å². The molecule has 0 fully saturated rings. The molecule has 0 aromatic rings. The van der Waals surface area contributed by atoms with Crippen molar-refractivity contribution in [2.75, 3.05) is 6.54 Å². The lowest BCUT2D eigenvalue weighted by molar-refractivity contribution is -0.144. The monoisotopic (exact) mass is 475 g/mol. The highest BCUT2D eigenvalue weighted by Gasteiger charge is 2.33. The Hall–Kier alpha value is -2.77. The van der Waals surface area contributed by atoms with Gasteiger partial charge in [-0.05, 0) is 38.6 Å². The summed E-state index contributed by atoms with van der Waals surface area (Å²) >= 11 is 0. The van der Waals surface area contributed by atoms with Crippen LogP contribution in [-0.2, 0) is 24.0 Å². The van der Waals surface area contributed by atoms with Crippen LogP contribution in [0.5, 0.6) is 0 Å². The van der Waals surface area contributed by atoms with Gasteiger partial charge in [-0.2, -0.15) is 0 Å². The molecule has 13 heteroatoms. The number of hydrogen-bond acceptors (Lipinski definition) is 8. The van der Waals surface area contributed by atoms with Crippen LogP contribution in [0.2, 0.25) is 0 Å². The molecule has 0 spiro atoms. The Morgan fingerprint density at radius 1 is 0.818 bits per heavy atom. The molecule has 0 rings (SSSR count). The minimum atomic E-state index is -1.54. The zero-order valence-electron chi connectivity index (χ0n) is 19.2. The maximum absolute atomic E-state index is 12.8. The lowest BCUT2D eigenvalue weighted by atomic mass is 10.0. The molecule has 0 heterocycles. The molecule has 0 aliphatic rings. The Morgan fingerprint density at radius 2 is 1.36 bits per heavy atom. The predicted octanol–water partition coefficient (Wildman–Crippen LogP) is -2.12. The van der Waals surface area contributed by atoms with E-state index in [0.717, 1.165) is 0 Å². The van der Waals surface area contributed by atoms with Gasteiger partial charge in [0.15, 0.2) is 0 Å². The number of aliphatic hydroxyl groups excluding tert-OH is 1. The largest absolute Gasteiger partial charge is 0.481 e. The molecule has 5 atom stereocenters. The van der Waals surface area contributed by atoms with E-state index in [4.69, 9.17) is 16.6 Å². The number of carbonyl (C=O) groups excluding carboxylic acids is 3. The van der Waals surface area contributed by atoms with Crippen LogP contribution in [0.15, 0.2) is 0 Å². The second-order valence-corrected chi connectivity index (χ2v) is 8.18. The standard InChI is InChI=1S/C20H37N5O8/c1-10(2)15(24-17(29)12(22)6-4-5-9-21)18(30)25-16(11(3)26)19(31)23-13(20(32)33)7-8-14(27)28/h10-13,15-16,26H,4-9,21-22H2,1-3H3,(H,23,31)(H,24,29)(H,25,30)(H,27,28)(H,32,33). The van der Waals surface area contributed by atoms with Crippen LogP contribution < -0.4 is 27.4 Å². The van der Waals surface area contributed by atoms with E-state index >= 15 is 0 Å². The first-order valence-corrected chi connectivity index (χ1v) is 10.8. The fourth-order valence-electron chi connectivity index (χ4n) is 2.87. The van der Waals surface area contributed by atoms with E-state index in [1.54, 1.807) is 13.8 Å². The summed E-state index contributed by atoms with van der Waals surface area (Å²) in [6, 6.07) is -5.00. The van der Waals surface area contributed by atoms with Crippen molar-refractivity contribution in [3.8, 4) is 0 Å². The summed E-state index contributed by atoms with van der Waals surface area (Å²) in [6.45, 7) is 5.00. The summed E-state index contributed by atoms with van der Waals surface area (Å²) < 4.78 is 0. The molecule has 0 radical (unpaired) electrons. The summed E-state index contributed by atoms with van der Waals surface area (Å²) in [5.41, 5.74) is 11.3. The lowest BCUT2D eigenvalue weighted by Gasteiger charge is -2.28. The molecule has 13 nitrogen and oxygen atoms in total. The van der Waals surface area contributed by atoms with E-state index in [1.165, 1.54) is 6.92 Å². The first-order valence-electron chi connectivity index (χ1n) is 10.8. The molecule has 3 amide bonds. The number of carboxylic acid groups (broad SMARTS) is 2. The average molecular weight is 476 g/mol. The molecule has 5 unspecified atom stereocenters.